The van der Waals surface area contributed by atoms with Gasteiger partial charge in [0.15, 0.2) is 11.6 Å². The maximum absolute atomic E-state index is 5.52. The average Bonchev–Trinajstić information content (AvgIpc) is 2.41. The van der Waals surface area contributed by atoms with E-state index in [2.05, 4.69) is 17.2 Å². The number of anilines is 1. The largest absolute Gasteiger partial charge is 0.490 e. The third-order valence-electron chi connectivity index (χ3n) is 2.15. The SMILES string of the molecule is CCc1ccc2c(n1)NCCCO2. The fourth-order valence-electron chi connectivity index (χ4n) is 1.39. The van der Waals surface area contributed by atoms with Crippen LogP contribution in [0.4, 0.5) is 5.82 Å². The number of hydrogen-bond acceptors (Lipinski definition) is 3. The van der Waals surface area contributed by atoms with E-state index in [-0.39, 0.29) is 0 Å². The Morgan fingerprint density at radius 2 is 2.46 bits per heavy atom. The molecule has 3 nitrogen and oxygen atoms in total. The van der Waals surface area contributed by atoms with Gasteiger partial charge in [-0.15, -0.1) is 0 Å². The molecule has 0 spiro atoms. The van der Waals surface area contributed by atoms with Gasteiger partial charge in [-0.05, 0) is 25.0 Å². The molecule has 0 radical (unpaired) electrons. The number of pyridine rings is 1. The lowest BCUT2D eigenvalue weighted by atomic mass is 10.3. The molecule has 1 aromatic rings. The molecule has 1 aliphatic rings. The van der Waals surface area contributed by atoms with Crippen molar-refractivity contribution < 1.29 is 4.74 Å². The van der Waals surface area contributed by atoms with Crippen molar-refractivity contribution in [2.75, 3.05) is 18.5 Å². The summed E-state index contributed by atoms with van der Waals surface area (Å²) >= 11 is 0. The second-order valence-corrected chi connectivity index (χ2v) is 3.13. The monoisotopic (exact) mass is 178 g/mol. The van der Waals surface area contributed by atoms with Crippen LogP contribution < -0.4 is 10.1 Å². The van der Waals surface area contributed by atoms with Crippen molar-refractivity contribution in [3.8, 4) is 5.75 Å². The molecule has 0 aromatic carbocycles. The lowest BCUT2D eigenvalue weighted by Gasteiger charge is -2.07. The van der Waals surface area contributed by atoms with E-state index < -0.39 is 0 Å². The Morgan fingerprint density at radius 1 is 1.54 bits per heavy atom. The molecule has 3 heteroatoms. The number of aryl methyl sites for hydroxylation is 1. The normalized spacial score (nSPS) is 15.2. The first kappa shape index (κ1) is 8.35. The van der Waals surface area contributed by atoms with Gasteiger partial charge in [0.25, 0.3) is 0 Å². The van der Waals surface area contributed by atoms with Gasteiger partial charge in [-0.25, -0.2) is 4.98 Å². The molecule has 0 saturated heterocycles. The van der Waals surface area contributed by atoms with Crippen molar-refractivity contribution in [2.24, 2.45) is 0 Å². The molecule has 0 atom stereocenters. The van der Waals surface area contributed by atoms with Crippen LogP contribution in [-0.4, -0.2) is 18.1 Å². The van der Waals surface area contributed by atoms with Crippen molar-refractivity contribution in [3.63, 3.8) is 0 Å². The van der Waals surface area contributed by atoms with Gasteiger partial charge in [0, 0.05) is 12.2 Å². The van der Waals surface area contributed by atoms with E-state index in [0.717, 1.165) is 43.3 Å². The van der Waals surface area contributed by atoms with Crippen LogP contribution in [0.3, 0.4) is 0 Å². The van der Waals surface area contributed by atoms with Crippen LogP contribution in [0.5, 0.6) is 5.75 Å². The summed E-state index contributed by atoms with van der Waals surface area (Å²) in [4.78, 5) is 4.46. The first-order valence-electron chi connectivity index (χ1n) is 4.76. The first-order chi connectivity index (χ1) is 6.40. The molecule has 0 bridgehead atoms. The maximum Gasteiger partial charge on any atom is 0.169 e. The smallest absolute Gasteiger partial charge is 0.169 e. The fourth-order valence-corrected chi connectivity index (χ4v) is 1.39. The van der Waals surface area contributed by atoms with Crippen LogP contribution in [0, 0.1) is 0 Å². The summed E-state index contributed by atoms with van der Waals surface area (Å²) in [5.41, 5.74) is 1.11. The van der Waals surface area contributed by atoms with E-state index in [1.54, 1.807) is 0 Å². The zero-order chi connectivity index (χ0) is 9.10. The topological polar surface area (TPSA) is 34.2 Å². The van der Waals surface area contributed by atoms with Crippen molar-refractivity contribution in [3.05, 3.63) is 17.8 Å². The number of ether oxygens (including phenoxy) is 1. The molecule has 0 saturated carbocycles. The zero-order valence-electron chi connectivity index (χ0n) is 7.84. The number of rotatable bonds is 1. The van der Waals surface area contributed by atoms with E-state index in [4.69, 9.17) is 4.74 Å². The highest BCUT2D eigenvalue weighted by molar-refractivity contribution is 5.51. The minimum absolute atomic E-state index is 0.785. The average molecular weight is 178 g/mol. The summed E-state index contributed by atoms with van der Waals surface area (Å²) < 4.78 is 5.52. The summed E-state index contributed by atoms with van der Waals surface area (Å²) in [6.45, 7) is 3.84. The van der Waals surface area contributed by atoms with Crippen LogP contribution in [-0.2, 0) is 6.42 Å². The molecule has 0 amide bonds. The third kappa shape index (κ3) is 1.74. The van der Waals surface area contributed by atoms with Gasteiger partial charge < -0.3 is 10.1 Å². The highest BCUT2D eigenvalue weighted by atomic mass is 16.5. The fraction of sp³-hybridized carbons (Fsp3) is 0.500. The lowest BCUT2D eigenvalue weighted by Crippen LogP contribution is -2.02. The van der Waals surface area contributed by atoms with E-state index in [0.29, 0.717) is 0 Å². The Labute approximate surface area is 78.1 Å². The number of aromatic nitrogens is 1. The van der Waals surface area contributed by atoms with Gasteiger partial charge in [-0.1, -0.05) is 6.92 Å². The second-order valence-electron chi connectivity index (χ2n) is 3.13. The Balaban J connectivity index is 2.32. The minimum atomic E-state index is 0.785. The summed E-state index contributed by atoms with van der Waals surface area (Å²) in [7, 11) is 0. The van der Waals surface area contributed by atoms with Crippen LogP contribution in [0.2, 0.25) is 0 Å². The van der Waals surface area contributed by atoms with Crippen LogP contribution in [0.15, 0.2) is 12.1 Å². The number of nitrogens with one attached hydrogen (secondary N) is 1. The summed E-state index contributed by atoms with van der Waals surface area (Å²) in [6.07, 6.45) is 2.01. The molecule has 1 aromatic heterocycles. The van der Waals surface area contributed by atoms with Gasteiger partial charge in [0.05, 0.1) is 6.61 Å². The molecule has 2 rings (SSSR count). The molecule has 13 heavy (non-hydrogen) atoms. The van der Waals surface area contributed by atoms with Crippen molar-refractivity contribution in [2.45, 2.75) is 19.8 Å². The standard InChI is InChI=1S/C10H14N2O/c1-2-8-4-5-9-10(12-8)11-6-3-7-13-9/h4-5H,2-3,6-7H2,1H3,(H,11,12). The molecule has 1 N–H and O–H groups in total. The van der Waals surface area contributed by atoms with Crippen LogP contribution >= 0.6 is 0 Å². The van der Waals surface area contributed by atoms with Crippen molar-refractivity contribution in [1.82, 2.24) is 4.98 Å². The van der Waals surface area contributed by atoms with Crippen LogP contribution in [0.1, 0.15) is 19.0 Å². The molecule has 1 aliphatic heterocycles. The van der Waals surface area contributed by atoms with E-state index in [1.165, 1.54) is 0 Å². The quantitative estimate of drug-likeness (QED) is 0.712. The van der Waals surface area contributed by atoms with Gasteiger partial charge in [-0.3, -0.25) is 0 Å². The molecule has 2 heterocycles. The molecule has 0 aliphatic carbocycles. The molecular formula is C10H14N2O. The number of fused-ring (bicyclic) bond motifs is 1. The Kier molecular flexibility index (Phi) is 2.34. The predicted molar refractivity (Wildman–Crippen MR) is 52.2 cm³/mol. The zero-order valence-corrected chi connectivity index (χ0v) is 7.84. The van der Waals surface area contributed by atoms with Crippen molar-refractivity contribution in [1.29, 1.82) is 0 Å². The molecule has 70 valence electrons. The summed E-state index contributed by atoms with van der Waals surface area (Å²) in [5, 5.41) is 3.26. The molecular weight excluding hydrogens is 164 g/mol. The van der Waals surface area contributed by atoms with Crippen LogP contribution in [0.25, 0.3) is 0 Å². The minimum Gasteiger partial charge on any atom is -0.490 e. The second kappa shape index (κ2) is 3.64. The van der Waals surface area contributed by atoms with E-state index in [1.807, 2.05) is 12.1 Å². The maximum atomic E-state index is 5.52. The van der Waals surface area contributed by atoms with E-state index in [9.17, 15) is 0 Å². The first-order valence-corrected chi connectivity index (χ1v) is 4.76. The number of nitrogens with zero attached hydrogens (tertiary/aromatic N) is 1. The predicted octanol–water partition coefficient (Wildman–Crippen LogP) is 1.84. The van der Waals surface area contributed by atoms with Gasteiger partial charge in [0.1, 0.15) is 0 Å². The van der Waals surface area contributed by atoms with Crippen molar-refractivity contribution >= 4 is 5.82 Å². The molecule has 0 unspecified atom stereocenters. The van der Waals surface area contributed by atoms with Gasteiger partial charge in [0.2, 0.25) is 0 Å². The Bertz CT molecular complexity index is 299. The Morgan fingerprint density at radius 3 is 3.31 bits per heavy atom. The van der Waals surface area contributed by atoms with Gasteiger partial charge in [-0.2, -0.15) is 0 Å². The Hall–Kier alpha value is -1.25. The summed E-state index contributed by atoms with van der Waals surface area (Å²) in [5.74, 6) is 1.78. The number of hydrogen-bond donors (Lipinski definition) is 1. The molecule has 0 fully saturated rings. The van der Waals surface area contributed by atoms with Gasteiger partial charge >= 0.3 is 0 Å². The third-order valence-corrected chi connectivity index (χ3v) is 2.15. The highest BCUT2D eigenvalue weighted by Crippen LogP contribution is 2.24. The summed E-state index contributed by atoms with van der Waals surface area (Å²) in [6, 6.07) is 4.02. The lowest BCUT2D eigenvalue weighted by molar-refractivity contribution is 0.322. The highest BCUT2D eigenvalue weighted by Gasteiger charge is 2.09. The van der Waals surface area contributed by atoms with E-state index >= 15 is 0 Å².